The van der Waals surface area contributed by atoms with Crippen molar-refractivity contribution in [2.75, 3.05) is 0 Å². The van der Waals surface area contributed by atoms with E-state index in [0.717, 1.165) is 50.6 Å². The molecule has 5 heterocycles. The lowest BCUT2D eigenvalue weighted by Gasteiger charge is -2.14. The van der Waals surface area contributed by atoms with Gasteiger partial charge in [-0.25, -0.2) is 9.97 Å². The van der Waals surface area contributed by atoms with Crippen LogP contribution < -0.4 is 0 Å². The number of imidazole rings is 2. The second-order valence-electron chi connectivity index (χ2n) is 14.0. The van der Waals surface area contributed by atoms with Gasteiger partial charge in [0.1, 0.15) is 11.3 Å². The van der Waals surface area contributed by atoms with Crippen LogP contribution in [0.1, 0.15) is 0 Å². The molecule has 0 aliphatic carbocycles. The number of benzene rings is 6. The number of hydrogen-bond donors (Lipinski definition) is 0. The fourth-order valence-corrected chi connectivity index (χ4v) is 8.01. The third-order valence-corrected chi connectivity index (χ3v) is 10.7. The Balaban J connectivity index is 1.07. The Hall–Kier alpha value is -7.50. The highest BCUT2D eigenvalue weighted by atomic mass is 15.0. The lowest BCUT2D eigenvalue weighted by atomic mass is 9.95. The average Bonchev–Trinajstić information content (AvgIpc) is 3.98. The number of hydrogen-bond acceptors (Lipinski definition) is 2. The molecule has 5 nitrogen and oxygen atoms in total. The summed E-state index contributed by atoms with van der Waals surface area (Å²) < 4.78 is 6.56. The molecule has 11 aromatic rings. The maximum Gasteiger partial charge on any atom is 0.137 e. The minimum Gasteiger partial charge on any atom is -0.309 e. The Bertz CT molecular complexity index is 3100. The molecule has 0 aliphatic heterocycles. The Morgan fingerprint density at radius 1 is 0.382 bits per heavy atom. The summed E-state index contributed by atoms with van der Waals surface area (Å²) >= 11 is 0. The van der Waals surface area contributed by atoms with Crippen LogP contribution >= 0.6 is 0 Å². The van der Waals surface area contributed by atoms with Gasteiger partial charge in [0, 0.05) is 52.6 Å². The standard InChI is InChI=1S/C50H33N5/c1-3-11-37(12-4-1)49-43-30-41-29-39(34-17-19-35(20-18-34)44-32-53-27-9-7-15-47(53)51-44)21-22-40(41)31-46(43)55(50(49)38-13-5-2-6-14-38)42-25-23-36(24-26-42)45-33-54-28-10-8-16-48(54)52-45/h1-33H. The highest BCUT2D eigenvalue weighted by molar-refractivity contribution is 6.11. The molecule has 5 aromatic heterocycles. The van der Waals surface area contributed by atoms with Gasteiger partial charge in [-0.05, 0) is 87.6 Å². The third kappa shape index (κ3) is 5.33. The van der Waals surface area contributed by atoms with Crippen LogP contribution in [-0.2, 0) is 0 Å². The fourth-order valence-electron chi connectivity index (χ4n) is 8.01. The van der Waals surface area contributed by atoms with Gasteiger partial charge in [0.05, 0.1) is 22.6 Å². The third-order valence-electron chi connectivity index (χ3n) is 10.7. The van der Waals surface area contributed by atoms with E-state index in [4.69, 9.17) is 9.97 Å². The van der Waals surface area contributed by atoms with Crippen LogP contribution in [0.25, 0.3) is 94.7 Å². The van der Waals surface area contributed by atoms with Gasteiger partial charge in [-0.2, -0.15) is 0 Å². The molecule has 258 valence electrons. The minimum absolute atomic E-state index is 0.937. The van der Waals surface area contributed by atoms with Crippen molar-refractivity contribution in [1.29, 1.82) is 0 Å². The highest BCUT2D eigenvalue weighted by Gasteiger charge is 2.22. The summed E-state index contributed by atoms with van der Waals surface area (Å²) in [7, 11) is 0. The van der Waals surface area contributed by atoms with Crippen molar-refractivity contribution >= 4 is 33.0 Å². The van der Waals surface area contributed by atoms with E-state index in [1.807, 2.05) is 48.8 Å². The van der Waals surface area contributed by atoms with Crippen molar-refractivity contribution in [3.63, 3.8) is 0 Å². The van der Waals surface area contributed by atoms with E-state index in [1.165, 1.54) is 44.1 Å². The van der Waals surface area contributed by atoms with Crippen LogP contribution in [0.5, 0.6) is 0 Å². The molecule has 0 aliphatic rings. The summed E-state index contributed by atoms with van der Waals surface area (Å²) in [5, 5.41) is 3.60. The van der Waals surface area contributed by atoms with Crippen molar-refractivity contribution in [2.45, 2.75) is 0 Å². The van der Waals surface area contributed by atoms with Gasteiger partial charge in [0.15, 0.2) is 0 Å². The van der Waals surface area contributed by atoms with Gasteiger partial charge in [0.2, 0.25) is 0 Å². The SMILES string of the molecule is c1ccc(-c2c(-c3ccccc3)n(-c3ccc(-c4cn5ccccc5n4)cc3)c3cc4ccc(-c5ccc(-c6cn7ccccc7n6)cc5)cc4cc23)cc1. The summed E-state index contributed by atoms with van der Waals surface area (Å²) in [5.74, 6) is 0. The minimum atomic E-state index is 0.937. The van der Waals surface area contributed by atoms with Gasteiger partial charge in [-0.15, -0.1) is 0 Å². The second-order valence-corrected chi connectivity index (χ2v) is 14.0. The first-order chi connectivity index (χ1) is 27.2. The molecule has 0 spiro atoms. The first kappa shape index (κ1) is 31.1. The molecule has 0 N–H and O–H groups in total. The average molecular weight is 704 g/mol. The molecule has 0 unspecified atom stereocenters. The number of nitrogens with zero attached hydrogens (tertiary/aromatic N) is 5. The zero-order valence-electron chi connectivity index (χ0n) is 29.8. The summed E-state index contributed by atoms with van der Waals surface area (Å²) in [5.41, 5.74) is 15.3. The molecule has 0 saturated carbocycles. The molecular formula is C50H33N5. The molecule has 0 amide bonds. The fraction of sp³-hybridized carbons (Fsp3) is 0. The van der Waals surface area contributed by atoms with E-state index in [9.17, 15) is 0 Å². The summed E-state index contributed by atoms with van der Waals surface area (Å²) in [6.45, 7) is 0. The number of rotatable bonds is 6. The van der Waals surface area contributed by atoms with Gasteiger partial charge >= 0.3 is 0 Å². The van der Waals surface area contributed by atoms with Crippen molar-refractivity contribution in [3.8, 4) is 61.7 Å². The molecule has 0 fully saturated rings. The molecule has 0 bridgehead atoms. The molecule has 5 heteroatoms. The van der Waals surface area contributed by atoms with E-state index in [1.54, 1.807) is 0 Å². The maximum absolute atomic E-state index is 4.89. The molecule has 11 rings (SSSR count). The van der Waals surface area contributed by atoms with Gasteiger partial charge in [-0.1, -0.05) is 121 Å². The Morgan fingerprint density at radius 2 is 0.927 bits per heavy atom. The normalized spacial score (nSPS) is 11.6. The van der Waals surface area contributed by atoms with Gasteiger partial charge < -0.3 is 13.4 Å². The largest absolute Gasteiger partial charge is 0.309 e. The first-order valence-electron chi connectivity index (χ1n) is 18.6. The number of fused-ring (bicyclic) bond motifs is 4. The van der Waals surface area contributed by atoms with Gasteiger partial charge in [0.25, 0.3) is 0 Å². The smallest absolute Gasteiger partial charge is 0.137 e. The highest BCUT2D eigenvalue weighted by Crippen LogP contribution is 2.44. The van der Waals surface area contributed by atoms with E-state index in [0.29, 0.717) is 0 Å². The first-order valence-corrected chi connectivity index (χ1v) is 18.6. The van der Waals surface area contributed by atoms with E-state index < -0.39 is 0 Å². The predicted octanol–water partition coefficient (Wildman–Crippen LogP) is 12.4. The Kier molecular flexibility index (Phi) is 7.10. The summed E-state index contributed by atoms with van der Waals surface area (Å²) in [6, 6.07) is 62.9. The quantitative estimate of drug-likeness (QED) is 0.173. The van der Waals surface area contributed by atoms with Crippen molar-refractivity contribution in [3.05, 3.63) is 201 Å². The molecule has 55 heavy (non-hydrogen) atoms. The van der Waals surface area contributed by atoms with Crippen LogP contribution in [0.4, 0.5) is 0 Å². The zero-order chi connectivity index (χ0) is 36.3. The van der Waals surface area contributed by atoms with Crippen molar-refractivity contribution in [1.82, 2.24) is 23.3 Å². The van der Waals surface area contributed by atoms with Crippen LogP contribution in [0.15, 0.2) is 201 Å². The van der Waals surface area contributed by atoms with Crippen LogP contribution in [-0.4, -0.2) is 23.3 Å². The van der Waals surface area contributed by atoms with Gasteiger partial charge in [-0.3, -0.25) is 0 Å². The topological polar surface area (TPSA) is 39.5 Å². The predicted molar refractivity (Wildman–Crippen MR) is 225 cm³/mol. The molecule has 0 atom stereocenters. The maximum atomic E-state index is 4.89. The molecule has 6 aromatic carbocycles. The zero-order valence-corrected chi connectivity index (χ0v) is 29.8. The Morgan fingerprint density at radius 3 is 1.55 bits per heavy atom. The molecule has 0 radical (unpaired) electrons. The molecule has 0 saturated heterocycles. The Labute approximate surface area is 317 Å². The van der Waals surface area contributed by atoms with E-state index in [2.05, 4.69) is 165 Å². The molecular weight excluding hydrogens is 671 g/mol. The summed E-state index contributed by atoms with van der Waals surface area (Å²) in [6.07, 6.45) is 8.25. The van der Waals surface area contributed by atoms with Crippen LogP contribution in [0, 0.1) is 0 Å². The van der Waals surface area contributed by atoms with Crippen molar-refractivity contribution in [2.24, 2.45) is 0 Å². The number of pyridine rings is 2. The monoisotopic (exact) mass is 703 g/mol. The van der Waals surface area contributed by atoms with Crippen molar-refractivity contribution < 1.29 is 0 Å². The lowest BCUT2D eigenvalue weighted by molar-refractivity contribution is 1.14. The van der Waals surface area contributed by atoms with E-state index in [-0.39, 0.29) is 0 Å². The lowest BCUT2D eigenvalue weighted by Crippen LogP contribution is -1.98. The van der Waals surface area contributed by atoms with Crippen LogP contribution in [0.2, 0.25) is 0 Å². The number of aromatic nitrogens is 5. The van der Waals surface area contributed by atoms with E-state index >= 15 is 0 Å². The summed E-state index contributed by atoms with van der Waals surface area (Å²) in [4.78, 5) is 9.71. The van der Waals surface area contributed by atoms with Crippen LogP contribution in [0.3, 0.4) is 0 Å². The second kappa shape index (κ2) is 12.6.